The van der Waals surface area contributed by atoms with Crippen molar-refractivity contribution in [1.29, 1.82) is 0 Å². The van der Waals surface area contributed by atoms with Crippen LogP contribution in [0.25, 0.3) is 0 Å². The smallest absolute Gasteiger partial charge is 0.328 e. The molecule has 0 radical (unpaired) electrons. The number of rotatable bonds is 4. The van der Waals surface area contributed by atoms with Gasteiger partial charge >= 0.3 is 5.97 Å². The molecular weight excluding hydrogens is 246 g/mol. The van der Waals surface area contributed by atoms with Crippen molar-refractivity contribution in [1.82, 2.24) is 5.32 Å². The second-order valence-electron chi connectivity index (χ2n) is 4.40. The fourth-order valence-corrected chi connectivity index (χ4v) is 1.96. The molecule has 0 saturated heterocycles. The summed E-state index contributed by atoms with van der Waals surface area (Å²) in [6.45, 7) is 3.62. The topological polar surface area (TPSA) is 64.6 Å². The number of esters is 1. The van der Waals surface area contributed by atoms with Crippen LogP contribution in [0.5, 0.6) is 5.75 Å². The highest BCUT2D eigenvalue weighted by molar-refractivity contribution is 5.87. The predicted octanol–water partition coefficient (Wildman–Crippen LogP) is 1.06. The van der Waals surface area contributed by atoms with Gasteiger partial charge in [0.1, 0.15) is 11.8 Å². The van der Waals surface area contributed by atoms with Crippen LogP contribution < -0.4 is 10.1 Å². The van der Waals surface area contributed by atoms with Gasteiger partial charge in [0, 0.05) is 6.42 Å². The van der Waals surface area contributed by atoms with Crippen molar-refractivity contribution < 1.29 is 19.1 Å². The maximum atomic E-state index is 12.0. The van der Waals surface area contributed by atoms with Crippen LogP contribution in [0.3, 0.4) is 0 Å². The van der Waals surface area contributed by atoms with E-state index in [4.69, 9.17) is 9.47 Å². The molecule has 0 spiro atoms. The van der Waals surface area contributed by atoms with Crippen molar-refractivity contribution >= 4 is 11.9 Å². The molecule has 0 fully saturated rings. The molecule has 2 rings (SSSR count). The van der Waals surface area contributed by atoms with Gasteiger partial charge in [-0.2, -0.15) is 0 Å². The monoisotopic (exact) mass is 263 g/mol. The van der Waals surface area contributed by atoms with Gasteiger partial charge in [0.15, 0.2) is 6.10 Å². The van der Waals surface area contributed by atoms with E-state index in [0.29, 0.717) is 13.0 Å². The Morgan fingerprint density at radius 2 is 2.21 bits per heavy atom. The third kappa shape index (κ3) is 3.05. The first-order valence-corrected chi connectivity index (χ1v) is 6.33. The molecule has 0 saturated carbocycles. The Morgan fingerprint density at radius 3 is 2.89 bits per heavy atom. The van der Waals surface area contributed by atoms with E-state index < -0.39 is 18.1 Å². The Morgan fingerprint density at radius 1 is 1.47 bits per heavy atom. The number of nitrogens with one attached hydrogen (secondary N) is 1. The van der Waals surface area contributed by atoms with Crippen LogP contribution in [0.4, 0.5) is 0 Å². The highest BCUT2D eigenvalue weighted by Crippen LogP contribution is 2.28. The molecule has 102 valence electrons. The number of carbonyl (C=O) groups is 2. The molecule has 0 aliphatic carbocycles. The maximum absolute atomic E-state index is 12.0. The minimum Gasteiger partial charge on any atom is -0.480 e. The fraction of sp³-hybridized carbons (Fsp3) is 0.429. The van der Waals surface area contributed by atoms with Gasteiger partial charge in [0.05, 0.1) is 6.61 Å². The molecule has 2 unspecified atom stereocenters. The third-order valence-electron chi connectivity index (χ3n) is 2.94. The normalized spacial score (nSPS) is 18.1. The zero-order valence-corrected chi connectivity index (χ0v) is 11.0. The Hall–Kier alpha value is -2.04. The molecule has 1 aliphatic heterocycles. The Bertz CT molecular complexity index is 461. The summed E-state index contributed by atoms with van der Waals surface area (Å²) in [6, 6.07) is 6.86. The number of para-hydroxylation sites is 1. The predicted molar refractivity (Wildman–Crippen MR) is 68.8 cm³/mol. The molecule has 5 heteroatoms. The van der Waals surface area contributed by atoms with Crippen LogP contribution in [0.2, 0.25) is 0 Å². The number of hydrogen-bond donors (Lipinski definition) is 1. The summed E-state index contributed by atoms with van der Waals surface area (Å²) in [4.78, 5) is 23.4. The molecule has 1 amide bonds. The first-order valence-electron chi connectivity index (χ1n) is 6.33. The largest absolute Gasteiger partial charge is 0.480 e. The highest BCUT2D eigenvalue weighted by atomic mass is 16.5. The minimum atomic E-state index is -0.667. The number of hydrogen-bond acceptors (Lipinski definition) is 4. The van der Waals surface area contributed by atoms with E-state index in [1.165, 1.54) is 0 Å². The maximum Gasteiger partial charge on any atom is 0.328 e. The zero-order chi connectivity index (χ0) is 13.8. The summed E-state index contributed by atoms with van der Waals surface area (Å²) in [7, 11) is 0. The lowest BCUT2D eigenvalue weighted by molar-refractivity contribution is -0.147. The second-order valence-corrected chi connectivity index (χ2v) is 4.40. The van der Waals surface area contributed by atoms with E-state index in [2.05, 4.69) is 5.32 Å². The van der Waals surface area contributed by atoms with Crippen molar-refractivity contribution in [3.05, 3.63) is 29.8 Å². The van der Waals surface area contributed by atoms with Gasteiger partial charge in [-0.1, -0.05) is 18.2 Å². The Kier molecular flexibility index (Phi) is 4.04. The van der Waals surface area contributed by atoms with E-state index >= 15 is 0 Å². The summed E-state index contributed by atoms with van der Waals surface area (Å²) in [5, 5.41) is 2.60. The number of benzene rings is 1. The van der Waals surface area contributed by atoms with Crippen molar-refractivity contribution in [3.63, 3.8) is 0 Å². The average molecular weight is 263 g/mol. The van der Waals surface area contributed by atoms with E-state index in [-0.39, 0.29) is 5.91 Å². The van der Waals surface area contributed by atoms with Crippen LogP contribution in [0.15, 0.2) is 24.3 Å². The molecule has 1 N–H and O–H groups in total. The molecular formula is C14H17NO4. The van der Waals surface area contributed by atoms with Gasteiger partial charge in [-0.3, -0.25) is 4.79 Å². The fourth-order valence-electron chi connectivity index (χ4n) is 1.96. The first kappa shape index (κ1) is 13.4. The van der Waals surface area contributed by atoms with Gasteiger partial charge in [0.25, 0.3) is 5.91 Å². The Labute approximate surface area is 111 Å². The minimum absolute atomic E-state index is 0.295. The SMILES string of the molecule is CCOC(=O)C(C)NC(=O)C1Cc2ccccc2O1. The van der Waals surface area contributed by atoms with Crippen LogP contribution in [-0.2, 0) is 20.7 Å². The molecule has 0 aromatic heterocycles. The number of amides is 1. The van der Waals surface area contributed by atoms with Crippen molar-refractivity contribution in [2.45, 2.75) is 32.4 Å². The van der Waals surface area contributed by atoms with Gasteiger partial charge < -0.3 is 14.8 Å². The number of carbonyl (C=O) groups excluding carboxylic acids is 2. The van der Waals surface area contributed by atoms with Crippen LogP contribution in [-0.4, -0.2) is 30.6 Å². The molecule has 2 atom stereocenters. The molecule has 1 aliphatic rings. The van der Waals surface area contributed by atoms with Crippen LogP contribution in [0.1, 0.15) is 19.4 Å². The lowest BCUT2D eigenvalue weighted by Crippen LogP contribution is -2.45. The van der Waals surface area contributed by atoms with E-state index in [1.807, 2.05) is 24.3 Å². The zero-order valence-electron chi connectivity index (χ0n) is 11.0. The highest BCUT2D eigenvalue weighted by Gasteiger charge is 2.30. The summed E-state index contributed by atoms with van der Waals surface area (Å²) in [6.07, 6.45) is -0.0494. The van der Waals surface area contributed by atoms with Crippen molar-refractivity contribution in [2.75, 3.05) is 6.61 Å². The van der Waals surface area contributed by atoms with Crippen molar-refractivity contribution in [2.24, 2.45) is 0 Å². The molecule has 1 aromatic rings. The van der Waals surface area contributed by atoms with E-state index in [1.54, 1.807) is 13.8 Å². The Balaban J connectivity index is 1.91. The summed E-state index contributed by atoms with van der Waals surface area (Å²) in [5.74, 6) is -0.00504. The molecule has 1 heterocycles. The van der Waals surface area contributed by atoms with Gasteiger partial charge in [-0.25, -0.2) is 4.79 Å². The average Bonchev–Trinajstić information content (AvgIpc) is 2.82. The molecule has 19 heavy (non-hydrogen) atoms. The third-order valence-corrected chi connectivity index (χ3v) is 2.94. The van der Waals surface area contributed by atoms with Crippen molar-refractivity contribution in [3.8, 4) is 5.75 Å². The first-order chi connectivity index (χ1) is 9.11. The molecule has 0 bridgehead atoms. The molecule has 5 nitrogen and oxygen atoms in total. The van der Waals surface area contributed by atoms with Crippen LogP contribution >= 0.6 is 0 Å². The van der Waals surface area contributed by atoms with Gasteiger partial charge in [-0.05, 0) is 25.5 Å². The lowest BCUT2D eigenvalue weighted by Gasteiger charge is -2.15. The standard InChI is InChI=1S/C14H17NO4/c1-3-18-14(17)9(2)15-13(16)12-8-10-6-4-5-7-11(10)19-12/h4-7,9,12H,3,8H2,1-2H3,(H,15,16). The van der Waals surface area contributed by atoms with Gasteiger partial charge in [0.2, 0.25) is 0 Å². The number of ether oxygens (including phenoxy) is 2. The summed E-state index contributed by atoms with van der Waals surface area (Å²) in [5.41, 5.74) is 1.01. The van der Waals surface area contributed by atoms with Gasteiger partial charge in [-0.15, -0.1) is 0 Å². The quantitative estimate of drug-likeness (QED) is 0.825. The van der Waals surface area contributed by atoms with E-state index in [0.717, 1.165) is 11.3 Å². The van der Waals surface area contributed by atoms with E-state index in [9.17, 15) is 9.59 Å². The summed E-state index contributed by atoms with van der Waals surface area (Å²) < 4.78 is 10.4. The second kappa shape index (κ2) is 5.73. The number of fused-ring (bicyclic) bond motifs is 1. The van der Waals surface area contributed by atoms with Crippen LogP contribution in [0, 0.1) is 0 Å². The lowest BCUT2D eigenvalue weighted by atomic mass is 10.1. The molecule has 1 aromatic carbocycles. The summed E-state index contributed by atoms with van der Waals surface area (Å²) >= 11 is 0.